The number of benzene rings is 5. The summed E-state index contributed by atoms with van der Waals surface area (Å²) in [6.07, 6.45) is 1.30. The second-order valence-corrected chi connectivity index (χ2v) is 13.6. The molecule has 0 radical (unpaired) electrons. The lowest BCUT2D eigenvalue weighted by Gasteiger charge is -2.11. The van der Waals surface area contributed by atoms with Crippen LogP contribution in [0.3, 0.4) is 0 Å². The van der Waals surface area contributed by atoms with Crippen molar-refractivity contribution in [1.29, 1.82) is 0 Å². The van der Waals surface area contributed by atoms with Gasteiger partial charge in [-0.2, -0.15) is 8.42 Å². The summed E-state index contributed by atoms with van der Waals surface area (Å²) < 4.78 is 45.2. The Hall–Kier alpha value is -6.13. The van der Waals surface area contributed by atoms with Gasteiger partial charge in [-0.1, -0.05) is 35.4 Å². The lowest BCUT2D eigenvalue weighted by molar-refractivity contribution is 0.241. The molecule has 2 atom stereocenters. The van der Waals surface area contributed by atoms with Crippen LogP contribution in [0.25, 0.3) is 0 Å². The maximum absolute atomic E-state index is 12.2. The zero-order valence-electron chi connectivity index (χ0n) is 30.3. The molecule has 5 aromatic carbocycles. The van der Waals surface area contributed by atoms with Gasteiger partial charge >= 0.3 is 22.5 Å². The summed E-state index contributed by atoms with van der Waals surface area (Å²) in [6.45, 7) is 11.0. The quantitative estimate of drug-likeness (QED) is 0.0280. The minimum atomic E-state index is -1.94. The fourth-order valence-electron chi connectivity index (χ4n) is 3.99. The number of aliphatic imine (C=N–C) groups is 1. The van der Waals surface area contributed by atoms with Crippen LogP contribution >= 0.6 is 0 Å². The maximum atomic E-state index is 12.2. The molecule has 0 aromatic heterocycles. The number of aromatic hydroxyl groups is 6. The Kier molecular flexibility index (Phi) is 15.8. The van der Waals surface area contributed by atoms with Crippen LogP contribution < -0.4 is 17.8 Å². The number of aryl methyl sites for hydroxylation is 4. The minimum absolute atomic E-state index is 0.0221. The fraction of sp³-hybridized carbons (Fsp3) is 0.184. The van der Waals surface area contributed by atoms with Crippen molar-refractivity contribution in [2.24, 2.45) is 4.99 Å². The van der Waals surface area contributed by atoms with Crippen LogP contribution in [0.4, 0.5) is 17.1 Å². The van der Waals surface area contributed by atoms with Gasteiger partial charge in [-0.05, 0) is 113 Å². The van der Waals surface area contributed by atoms with Gasteiger partial charge in [0.05, 0.1) is 17.5 Å². The first-order valence-corrected chi connectivity index (χ1v) is 18.3. The zero-order valence-corrected chi connectivity index (χ0v) is 31.9. The fourth-order valence-corrected chi connectivity index (χ4v) is 5.31. The summed E-state index contributed by atoms with van der Waals surface area (Å²) >= 11 is -3.79. The molecule has 0 amide bonds. The van der Waals surface area contributed by atoms with Crippen LogP contribution in [0.15, 0.2) is 96.0 Å². The average Bonchev–Trinajstić information content (AvgIpc) is 3.10. The average molecular weight is 782 g/mol. The van der Waals surface area contributed by atoms with Crippen molar-refractivity contribution in [3.63, 3.8) is 0 Å². The number of phenolic OH excluding ortho intramolecular Hbond substituents is 6. The van der Waals surface area contributed by atoms with Crippen molar-refractivity contribution in [3.8, 4) is 46.0 Å². The molecule has 288 valence electrons. The molecule has 0 heterocycles. The standard InChI is InChI=1S/C20H20N2O5S2.C11H15NO3.C7H8O3/c1-14-3-8-17(9-4-14)26-28(24)21-16-7-12-20(23)19(13-16)22-29(25)27-18-10-5-15(2)6-11-18;1-7(2)15-6-12-9-5-10(13)8(3)4-11(9)14;1-4-2-5(8)7(10)6(9)3-4/h3-13,21-23H,1-2H3;4-7,13-14H,1-3H3;2-3,8-10H,1H3. The first-order chi connectivity index (χ1) is 25.5. The zero-order chi connectivity index (χ0) is 39.9. The largest absolute Gasteiger partial charge is 0.508 e. The monoisotopic (exact) mass is 781 g/mol. The van der Waals surface area contributed by atoms with Gasteiger partial charge in [0.25, 0.3) is 0 Å². The summed E-state index contributed by atoms with van der Waals surface area (Å²) in [5.74, 6) is -0.199. The molecule has 54 heavy (non-hydrogen) atoms. The van der Waals surface area contributed by atoms with E-state index in [1.54, 1.807) is 38.1 Å². The summed E-state index contributed by atoms with van der Waals surface area (Å²) in [5.41, 5.74) is 4.25. The number of anilines is 2. The molecule has 0 bridgehead atoms. The van der Waals surface area contributed by atoms with Gasteiger partial charge < -0.3 is 43.7 Å². The number of nitrogens with zero attached hydrogens (tertiary/aromatic N) is 1. The number of phenols is 6. The number of hydrogen-bond acceptors (Lipinski definition) is 12. The third-order valence-corrected chi connectivity index (χ3v) is 8.29. The third kappa shape index (κ3) is 14.1. The first kappa shape index (κ1) is 42.3. The minimum Gasteiger partial charge on any atom is -0.508 e. The highest BCUT2D eigenvalue weighted by Crippen LogP contribution is 2.35. The lowest BCUT2D eigenvalue weighted by Crippen LogP contribution is -2.13. The second kappa shape index (κ2) is 20.2. The van der Waals surface area contributed by atoms with Crippen molar-refractivity contribution in [3.05, 3.63) is 113 Å². The van der Waals surface area contributed by atoms with E-state index < -0.39 is 28.3 Å². The van der Waals surface area contributed by atoms with Crippen LogP contribution in [0.1, 0.15) is 36.1 Å². The Bertz CT molecular complexity index is 2050. The molecule has 16 heteroatoms. The molecule has 0 aliphatic heterocycles. The Labute approximate surface area is 318 Å². The van der Waals surface area contributed by atoms with Crippen molar-refractivity contribution in [2.75, 3.05) is 9.44 Å². The molecule has 2 unspecified atom stereocenters. The van der Waals surface area contributed by atoms with E-state index in [0.29, 0.717) is 34.0 Å². The molecular weight excluding hydrogens is 739 g/mol. The van der Waals surface area contributed by atoms with Gasteiger partial charge in [0.2, 0.25) is 0 Å². The molecule has 0 saturated carbocycles. The number of ether oxygens (including phenoxy) is 1. The molecule has 14 nitrogen and oxygen atoms in total. The van der Waals surface area contributed by atoms with E-state index in [2.05, 4.69) is 14.4 Å². The Balaban J connectivity index is 0.000000259. The maximum Gasteiger partial charge on any atom is 0.316 e. The van der Waals surface area contributed by atoms with Gasteiger partial charge in [0.1, 0.15) is 34.4 Å². The summed E-state index contributed by atoms with van der Waals surface area (Å²) in [7, 11) is 0. The van der Waals surface area contributed by atoms with Gasteiger partial charge in [-0.25, -0.2) is 4.99 Å². The Morgan fingerprint density at radius 1 is 0.593 bits per heavy atom. The van der Waals surface area contributed by atoms with E-state index >= 15 is 0 Å². The van der Waals surface area contributed by atoms with Crippen LogP contribution in [0.5, 0.6) is 46.0 Å². The van der Waals surface area contributed by atoms with Crippen molar-refractivity contribution in [1.82, 2.24) is 0 Å². The number of hydrogen-bond donors (Lipinski definition) is 8. The normalized spacial score (nSPS) is 11.7. The molecule has 0 fully saturated rings. The topological polar surface area (TPSA) is 220 Å². The molecule has 5 aromatic rings. The number of nitrogens with one attached hydrogen (secondary N) is 2. The molecular formula is C38H43N3O11S2. The van der Waals surface area contributed by atoms with E-state index in [4.69, 9.17) is 28.4 Å². The van der Waals surface area contributed by atoms with E-state index in [1.165, 1.54) is 48.9 Å². The van der Waals surface area contributed by atoms with Gasteiger partial charge in [0.15, 0.2) is 23.6 Å². The van der Waals surface area contributed by atoms with Crippen LogP contribution in [-0.2, 0) is 27.3 Å². The molecule has 8 N–H and O–H groups in total. The molecule has 0 spiro atoms. The van der Waals surface area contributed by atoms with E-state index in [0.717, 1.165) is 11.1 Å². The predicted octanol–water partition coefficient (Wildman–Crippen LogP) is 7.75. The van der Waals surface area contributed by atoms with Gasteiger partial charge in [-0.15, -0.1) is 0 Å². The summed E-state index contributed by atoms with van der Waals surface area (Å²) in [5, 5.41) is 55.5. The van der Waals surface area contributed by atoms with Crippen LogP contribution in [0.2, 0.25) is 0 Å². The molecule has 0 aliphatic carbocycles. The van der Waals surface area contributed by atoms with Gasteiger partial charge in [0, 0.05) is 6.07 Å². The van der Waals surface area contributed by atoms with Crippen molar-refractivity contribution in [2.45, 2.75) is 47.6 Å². The highest BCUT2D eigenvalue weighted by molar-refractivity contribution is 7.82. The van der Waals surface area contributed by atoms with Crippen molar-refractivity contribution < 1.29 is 52.2 Å². The first-order valence-electron chi connectivity index (χ1n) is 16.1. The second-order valence-electron chi connectivity index (χ2n) is 11.9. The van der Waals surface area contributed by atoms with Crippen LogP contribution in [0, 0.1) is 27.7 Å². The summed E-state index contributed by atoms with van der Waals surface area (Å²) in [6, 6.07) is 24.1. The smallest absolute Gasteiger partial charge is 0.316 e. The lowest BCUT2D eigenvalue weighted by atomic mass is 10.2. The molecule has 5 rings (SSSR count). The Morgan fingerprint density at radius 3 is 1.63 bits per heavy atom. The Morgan fingerprint density at radius 2 is 1.11 bits per heavy atom. The number of rotatable bonds is 11. The predicted molar refractivity (Wildman–Crippen MR) is 210 cm³/mol. The highest BCUT2D eigenvalue weighted by atomic mass is 32.2. The van der Waals surface area contributed by atoms with E-state index in [1.807, 2.05) is 52.0 Å². The SMILES string of the molecule is Cc1cc(O)c(N=COC(C)C)cc1O.Cc1cc(O)c(O)c(O)c1.Cc1ccc(OS(=O)Nc2ccc(O)c(NS(=O)Oc3ccc(C)cc3)c2)cc1. The highest BCUT2D eigenvalue weighted by Gasteiger charge is 2.11. The van der Waals surface area contributed by atoms with E-state index in [-0.39, 0.29) is 40.5 Å². The third-order valence-electron chi connectivity index (χ3n) is 6.81. The van der Waals surface area contributed by atoms with E-state index in [9.17, 15) is 23.7 Å². The summed E-state index contributed by atoms with van der Waals surface area (Å²) in [4.78, 5) is 3.89. The van der Waals surface area contributed by atoms with Crippen LogP contribution in [-0.4, -0.2) is 51.6 Å². The molecule has 0 aliphatic rings. The van der Waals surface area contributed by atoms with Gasteiger partial charge in [-0.3, -0.25) is 9.44 Å². The molecule has 0 saturated heterocycles. The van der Waals surface area contributed by atoms with Crippen molar-refractivity contribution >= 4 is 46.0 Å².